The Hall–Kier alpha value is -2.45. The maximum Gasteiger partial charge on any atom is 0.212 e. The van der Waals surface area contributed by atoms with Gasteiger partial charge in [-0.2, -0.15) is 0 Å². The number of carbonyl (C=O) groups excluding carboxylic acids is 1. The van der Waals surface area contributed by atoms with E-state index in [4.69, 9.17) is 0 Å². The summed E-state index contributed by atoms with van der Waals surface area (Å²) in [4.78, 5) is 16.2. The molecule has 0 bridgehead atoms. The van der Waals surface area contributed by atoms with Gasteiger partial charge in [-0.15, -0.1) is 11.3 Å². The number of carbonyl (C=O) groups is 1. The average molecular weight is 349 g/mol. The van der Waals surface area contributed by atoms with Gasteiger partial charge in [-0.05, 0) is 30.3 Å². The van der Waals surface area contributed by atoms with Crippen LogP contribution in [0.2, 0.25) is 0 Å². The van der Waals surface area contributed by atoms with E-state index in [2.05, 4.69) is 4.98 Å². The second-order valence-corrected chi connectivity index (χ2v) is 8.03. The van der Waals surface area contributed by atoms with Crippen LogP contribution in [0.4, 0.5) is 0 Å². The molecule has 0 saturated carbocycles. The molecule has 0 spiro atoms. The number of fused-ring (bicyclic) bond motifs is 1. The Morgan fingerprint density at radius 1 is 1.09 bits per heavy atom. The van der Waals surface area contributed by atoms with E-state index in [1.165, 1.54) is 6.07 Å². The van der Waals surface area contributed by atoms with Crippen molar-refractivity contribution in [2.45, 2.75) is 4.34 Å². The van der Waals surface area contributed by atoms with Crippen LogP contribution >= 0.6 is 11.3 Å². The maximum atomic E-state index is 12.4. The van der Waals surface area contributed by atoms with Crippen molar-refractivity contribution < 1.29 is 23.4 Å². The first-order chi connectivity index (χ1) is 10.9. The summed E-state index contributed by atoms with van der Waals surface area (Å²) in [5, 5.41) is 18.6. The highest BCUT2D eigenvalue weighted by atomic mass is 32.2. The van der Waals surface area contributed by atoms with Gasteiger partial charge in [-0.1, -0.05) is 12.1 Å². The summed E-state index contributed by atoms with van der Waals surface area (Å²) in [7, 11) is -3.88. The molecule has 1 aromatic heterocycles. The fourth-order valence-electron chi connectivity index (χ4n) is 2.00. The molecule has 6 nitrogen and oxygen atoms in total. The van der Waals surface area contributed by atoms with Crippen LogP contribution in [0.1, 0.15) is 10.4 Å². The monoisotopic (exact) mass is 349 g/mol. The lowest BCUT2D eigenvalue weighted by molar-refractivity contribution is 0.102. The smallest absolute Gasteiger partial charge is 0.212 e. The molecule has 0 fully saturated rings. The zero-order valence-corrected chi connectivity index (χ0v) is 13.3. The average Bonchev–Trinajstić information content (AvgIpc) is 2.94. The molecule has 3 aromatic rings. The van der Waals surface area contributed by atoms with Crippen molar-refractivity contribution in [2.75, 3.05) is 5.75 Å². The predicted octanol–water partition coefficient (Wildman–Crippen LogP) is 2.36. The third kappa shape index (κ3) is 3.03. The Kier molecular flexibility index (Phi) is 3.78. The van der Waals surface area contributed by atoms with Gasteiger partial charge < -0.3 is 10.2 Å². The van der Waals surface area contributed by atoms with Gasteiger partial charge in [-0.3, -0.25) is 4.79 Å². The minimum absolute atomic E-state index is 0.00462. The SMILES string of the molecule is O=C(CS(=O)(=O)c1nc2ccccc2s1)c1ccc(O)c(O)c1. The number of thiazole rings is 1. The van der Waals surface area contributed by atoms with E-state index >= 15 is 0 Å². The largest absolute Gasteiger partial charge is 0.504 e. The Morgan fingerprint density at radius 3 is 2.52 bits per heavy atom. The van der Waals surface area contributed by atoms with E-state index in [-0.39, 0.29) is 15.7 Å². The number of aromatic hydroxyl groups is 2. The number of rotatable bonds is 4. The van der Waals surface area contributed by atoms with Crippen molar-refractivity contribution in [3.8, 4) is 11.5 Å². The quantitative estimate of drug-likeness (QED) is 0.553. The number of sulfone groups is 1. The van der Waals surface area contributed by atoms with Crippen LogP contribution in [0.5, 0.6) is 11.5 Å². The molecule has 0 amide bonds. The number of Topliss-reactive ketones (excluding diaryl/α,β-unsaturated/α-hetero) is 1. The Labute approximate surface area is 135 Å². The molecule has 1 heterocycles. The summed E-state index contributed by atoms with van der Waals surface area (Å²) in [6.07, 6.45) is 0. The molecule has 0 saturated heterocycles. The maximum absolute atomic E-state index is 12.4. The number of aromatic nitrogens is 1. The molecule has 0 unspecified atom stereocenters. The molecule has 2 aromatic carbocycles. The second kappa shape index (κ2) is 5.64. The fourth-order valence-corrected chi connectivity index (χ4v) is 4.52. The van der Waals surface area contributed by atoms with Crippen LogP contribution in [0.15, 0.2) is 46.8 Å². The Balaban J connectivity index is 1.90. The van der Waals surface area contributed by atoms with Gasteiger partial charge >= 0.3 is 0 Å². The summed E-state index contributed by atoms with van der Waals surface area (Å²) in [5.41, 5.74) is 0.566. The van der Waals surface area contributed by atoms with Crippen molar-refractivity contribution in [2.24, 2.45) is 0 Å². The Bertz CT molecular complexity index is 975. The first-order valence-corrected chi connectivity index (χ1v) is 8.97. The van der Waals surface area contributed by atoms with Crippen LogP contribution < -0.4 is 0 Å². The number of benzene rings is 2. The van der Waals surface area contributed by atoms with Crippen LogP contribution in [-0.2, 0) is 9.84 Å². The van der Waals surface area contributed by atoms with Gasteiger partial charge in [0.2, 0.25) is 14.2 Å². The topological polar surface area (TPSA) is 105 Å². The highest BCUT2D eigenvalue weighted by molar-refractivity contribution is 7.94. The summed E-state index contributed by atoms with van der Waals surface area (Å²) in [6.45, 7) is 0. The third-order valence-electron chi connectivity index (χ3n) is 3.16. The van der Waals surface area contributed by atoms with E-state index in [1.807, 2.05) is 0 Å². The van der Waals surface area contributed by atoms with Gasteiger partial charge in [-0.25, -0.2) is 13.4 Å². The molecule has 8 heteroatoms. The van der Waals surface area contributed by atoms with E-state index in [0.717, 1.165) is 28.2 Å². The molecule has 0 aliphatic heterocycles. The first-order valence-electron chi connectivity index (χ1n) is 6.50. The van der Waals surface area contributed by atoms with Gasteiger partial charge in [0, 0.05) is 5.56 Å². The zero-order chi connectivity index (χ0) is 16.6. The van der Waals surface area contributed by atoms with Crippen molar-refractivity contribution in [3.05, 3.63) is 48.0 Å². The lowest BCUT2D eigenvalue weighted by Crippen LogP contribution is -2.16. The highest BCUT2D eigenvalue weighted by Crippen LogP contribution is 2.28. The number of hydrogen-bond donors (Lipinski definition) is 2. The van der Waals surface area contributed by atoms with Crippen LogP contribution in [0.25, 0.3) is 10.2 Å². The van der Waals surface area contributed by atoms with Crippen LogP contribution in [-0.4, -0.2) is 35.2 Å². The van der Waals surface area contributed by atoms with Gasteiger partial charge in [0.25, 0.3) is 0 Å². The summed E-state index contributed by atoms with van der Waals surface area (Å²) < 4.78 is 25.3. The van der Waals surface area contributed by atoms with Crippen LogP contribution in [0, 0.1) is 0 Å². The van der Waals surface area contributed by atoms with Crippen molar-refractivity contribution in [3.63, 3.8) is 0 Å². The highest BCUT2D eigenvalue weighted by Gasteiger charge is 2.24. The van der Waals surface area contributed by atoms with Crippen molar-refractivity contribution in [1.82, 2.24) is 4.98 Å². The molecule has 2 N–H and O–H groups in total. The lowest BCUT2D eigenvalue weighted by Gasteiger charge is -2.03. The van der Waals surface area contributed by atoms with Crippen molar-refractivity contribution >= 4 is 37.2 Å². The summed E-state index contributed by atoms with van der Waals surface area (Å²) in [5.74, 6) is -2.29. The van der Waals surface area contributed by atoms with Gasteiger partial charge in [0.05, 0.1) is 10.2 Å². The zero-order valence-electron chi connectivity index (χ0n) is 11.6. The molecule has 0 aliphatic carbocycles. The number of nitrogens with zero attached hydrogens (tertiary/aromatic N) is 1. The van der Waals surface area contributed by atoms with E-state index in [0.29, 0.717) is 5.52 Å². The summed E-state index contributed by atoms with van der Waals surface area (Å²) in [6, 6.07) is 10.4. The molecule has 0 atom stereocenters. The van der Waals surface area contributed by atoms with E-state index in [1.54, 1.807) is 24.3 Å². The van der Waals surface area contributed by atoms with Crippen LogP contribution in [0.3, 0.4) is 0 Å². The number of para-hydroxylation sites is 1. The lowest BCUT2D eigenvalue weighted by atomic mass is 10.1. The number of hydrogen-bond acceptors (Lipinski definition) is 7. The van der Waals surface area contributed by atoms with Gasteiger partial charge in [0.15, 0.2) is 17.3 Å². The first kappa shape index (κ1) is 15.4. The molecular formula is C15H11NO5S2. The number of ketones is 1. The normalized spacial score (nSPS) is 11.7. The van der Waals surface area contributed by atoms with E-state index < -0.39 is 27.1 Å². The Morgan fingerprint density at radius 2 is 1.83 bits per heavy atom. The molecule has 3 rings (SSSR count). The fraction of sp³-hybridized carbons (Fsp3) is 0.0667. The number of phenols is 2. The minimum atomic E-state index is -3.88. The van der Waals surface area contributed by atoms with Gasteiger partial charge in [0.1, 0.15) is 5.75 Å². The predicted molar refractivity (Wildman–Crippen MR) is 85.8 cm³/mol. The third-order valence-corrected chi connectivity index (χ3v) is 6.27. The standard InChI is InChI=1S/C15H11NO5S2/c17-11-6-5-9(7-12(11)18)13(19)8-23(20,21)15-16-10-3-1-2-4-14(10)22-15/h1-7,17-18H,8H2. The second-order valence-electron chi connectivity index (χ2n) is 4.83. The molecule has 118 valence electrons. The molecule has 23 heavy (non-hydrogen) atoms. The summed E-state index contributed by atoms with van der Waals surface area (Å²) >= 11 is 1.01. The molecule has 0 radical (unpaired) electrons. The molecule has 0 aliphatic rings. The molecular weight excluding hydrogens is 338 g/mol. The van der Waals surface area contributed by atoms with Crippen molar-refractivity contribution in [1.29, 1.82) is 0 Å². The van der Waals surface area contributed by atoms with E-state index in [9.17, 15) is 23.4 Å². The minimum Gasteiger partial charge on any atom is -0.504 e. The number of phenolic OH excluding ortho intramolecular Hbond substituents is 2.